The molecule has 0 unspecified atom stereocenters. The SMILES string of the molecule is CCCCc1cccc(-c2cccc(F)c2)c1S(N)(=O)=O. The fourth-order valence-corrected chi connectivity index (χ4v) is 3.40. The highest BCUT2D eigenvalue weighted by Gasteiger charge is 2.19. The van der Waals surface area contributed by atoms with Gasteiger partial charge in [0.1, 0.15) is 5.82 Å². The molecule has 2 N–H and O–H groups in total. The van der Waals surface area contributed by atoms with E-state index >= 15 is 0 Å². The van der Waals surface area contributed by atoms with Crippen molar-refractivity contribution in [3.63, 3.8) is 0 Å². The van der Waals surface area contributed by atoms with Crippen molar-refractivity contribution in [1.29, 1.82) is 0 Å². The third-order valence-corrected chi connectivity index (χ3v) is 4.37. The van der Waals surface area contributed by atoms with Crippen LogP contribution in [0, 0.1) is 5.82 Å². The smallest absolute Gasteiger partial charge is 0.225 e. The summed E-state index contributed by atoms with van der Waals surface area (Å²) >= 11 is 0. The molecular formula is C16H18FNO2S. The predicted molar refractivity (Wildman–Crippen MR) is 81.8 cm³/mol. The maximum absolute atomic E-state index is 13.4. The first kappa shape index (κ1) is 15.7. The normalized spacial score (nSPS) is 11.6. The highest BCUT2D eigenvalue weighted by atomic mass is 32.2. The lowest BCUT2D eigenvalue weighted by atomic mass is 10.00. The number of sulfonamides is 1. The van der Waals surface area contributed by atoms with E-state index in [0.29, 0.717) is 23.1 Å². The zero-order valence-electron chi connectivity index (χ0n) is 11.8. The second kappa shape index (κ2) is 6.37. The molecule has 0 spiro atoms. The maximum Gasteiger partial charge on any atom is 0.238 e. The van der Waals surface area contributed by atoms with Gasteiger partial charge in [0.25, 0.3) is 0 Å². The topological polar surface area (TPSA) is 60.2 Å². The van der Waals surface area contributed by atoms with E-state index in [2.05, 4.69) is 0 Å². The van der Waals surface area contributed by atoms with E-state index in [1.54, 1.807) is 30.3 Å². The zero-order valence-corrected chi connectivity index (χ0v) is 12.7. The fraction of sp³-hybridized carbons (Fsp3) is 0.250. The van der Waals surface area contributed by atoms with Crippen LogP contribution in [0.2, 0.25) is 0 Å². The van der Waals surface area contributed by atoms with Crippen molar-refractivity contribution >= 4 is 10.0 Å². The molecule has 5 heteroatoms. The van der Waals surface area contributed by atoms with Crippen molar-refractivity contribution < 1.29 is 12.8 Å². The fourth-order valence-electron chi connectivity index (χ4n) is 2.37. The molecule has 2 aromatic rings. The van der Waals surface area contributed by atoms with Crippen molar-refractivity contribution in [1.82, 2.24) is 0 Å². The van der Waals surface area contributed by atoms with Crippen LogP contribution >= 0.6 is 0 Å². The van der Waals surface area contributed by atoms with Crippen LogP contribution in [-0.4, -0.2) is 8.42 Å². The number of aryl methyl sites for hydroxylation is 1. The Morgan fingerprint density at radius 1 is 1.14 bits per heavy atom. The van der Waals surface area contributed by atoms with E-state index < -0.39 is 15.8 Å². The first-order valence-electron chi connectivity index (χ1n) is 6.84. The minimum absolute atomic E-state index is 0.101. The van der Waals surface area contributed by atoms with Crippen LogP contribution in [0.3, 0.4) is 0 Å². The standard InChI is InChI=1S/C16H18FNO2S/c1-2-3-6-12-7-5-10-15(16(12)21(18,19)20)13-8-4-9-14(17)11-13/h4-5,7-11H,2-3,6H2,1H3,(H2,18,19,20). The van der Waals surface area contributed by atoms with Gasteiger partial charge in [0.2, 0.25) is 10.0 Å². The third-order valence-electron chi connectivity index (χ3n) is 3.32. The van der Waals surface area contributed by atoms with Crippen LogP contribution in [0.5, 0.6) is 0 Å². The first-order valence-corrected chi connectivity index (χ1v) is 8.38. The summed E-state index contributed by atoms with van der Waals surface area (Å²) in [5.74, 6) is -0.410. The van der Waals surface area contributed by atoms with Gasteiger partial charge in [-0.15, -0.1) is 0 Å². The van der Waals surface area contributed by atoms with Gasteiger partial charge < -0.3 is 0 Å². The Kier molecular flexibility index (Phi) is 4.75. The van der Waals surface area contributed by atoms with Crippen molar-refractivity contribution in [3.05, 3.63) is 53.8 Å². The van der Waals surface area contributed by atoms with Gasteiger partial charge >= 0.3 is 0 Å². The molecule has 2 aromatic carbocycles. The van der Waals surface area contributed by atoms with Gasteiger partial charge in [-0.05, 0) is 36.1 Å². The number of primary sulfonamides is 1. The number of nitrogens with two attached hydrogens (primary N) is 1. The number of hydrogen-bond acceptors (Lipinski definition) is 2. The summed E-state index contributed by atoms with van der Waals surface area (Å²) in [6.07, 6.45) is 2.45. The average molecular weight is 307 g/mol. The quantitative estimate of drug-likeness (QED) is 0.919. The van der Waals surface area contributed by atoms with Gasteiger partial charge in [0.15, 0.2) is 0 Å². The lowest BCUT2D eigenvalue weighted by Gasteiger charge is -2.13. The van der Waals surface area contributed by atoms with E-state index in [0.717, 1.165) is 12.8 Å². The first-order chi connectivity index (χ1) is 9.93. The molecule has 0 radical (unpaired) electrons. The Hall–Kier alpha value is -1.72. The Bertz CT molecular complexity index is 742. The summed E-state index contributed by atoms with van der Waals surface area (Å²) in [7, 11) is -3.88. The van der Waals surface area contributed by atoms with E-state index in [1.165, 1.54) is 12.1 Å². The largest absolute Gasteiger partial charge is 0.238 e. The van der Waals surface area contributed by atoms with Crippen molar-refractivity contribution in [2.24, 2.45) is 5.14 Å². The van der Waals surface area contributed by atoms with Crippen LogP contribution in [0.15, 0.2) is 47.4 Å². The van der Waals surface area contributed by atoms with Crippen LogP contribution in [0.4, 0.5) is 4.39 Å². The Balaban J connectivity index is 2.66. The molecule has 0 aliphatic heterocycles. The maximum atomic E-state index is 13.4. The minimum atomic E-state index is -3.88. The predicted octanol–water partition coefficient (Wildman–Crippen LogP) is 3.48. The molecule has 21 heavy (non-hydrogen) atoms. The molecule has 0 aliphatic carbocycles. The molecule has 0 saturated carbocycles. The summed E-state index contributed by atoms with van der Waals surface area (Å²) in [5.41, 5.74) is 1.64. The van der Waals surface area contributed by atoms with Crippen molar-refractivity contribution in [3.8, 4) is 11.1 Å². The van der Waals surface area contributed by atoms with Crippen molar-refractivity contribution in [2.45, 2.75) is 31.1 Å². The van der Waals surface area contributed by atoms with E-state index in [4.69, 9.17) is 5.14 Å². The summed E-state index contributed by atoms with van der Waals surface area (Å²) in [5, 5.41) is 5.38. The highest BCUT2D eigenvalue weighted by molar-refractivity contribution is 7.89. The molecule has 0 bridgehead atoms. The van der Waals surface area contributed by atoms with Crippen molar-refractivity contribution in [2.75, 3.05) is 0 Å². The second-order valence-electron chi connectivity index (χ2n) is 4.95. The third kappa shape index (κ3) is 3.68. The zero-order chi connectivity index (χ0) is 15.5. The summed E-state index contributed by atoms with van der Waals surface area (Å²) in [4.78, 5) is 0.101. The Labute approximate surface area is 124 Å². The molecule has 0 fully saturated rings. The number of unbranched alkanes of at least 4 members (excludes halogenated alkanes) is 1. The molecule has 0 aromatic heterocycles. The van der Waals surface area contributed by atoms with Gasteiger partial charge in [-0.25, -0.2) is 17.9 Å². The average Bonchev–Trinajstić information content (AvgIpc) is 2.43. The molecule has 0 heterocycles. The molecule has 0 aliphatic rings. The molecule has 2 rings (SSSR count). The molecular weight excluding hydrogens is 289 g/mol. The molecule has 0 atom stereocenters. The lowest BCUT2D eigenvalue weighted by Crippen LogP contribution is -2.16. The Morgan fingerprint density at radius 3 is 2.48 bits per heavy atom. The monoisotopic (exact) mass is 307 g/mol. The Morgan fingerprint density at radius 2 is 1.86 bits per heavy atom. The van der Waals surface area contributed by atoms with Crippen LogP contribution in [0.1, 0.15) is 25.3 Å². The second-order valence-corrected chi connectivity index (χ2v) is 6.45. The number of benzene rings is 2. The number of rotatable bonds is 5. The van der Waals surface area contributed by atoms with Gasteiger partial charge in [0, 0.05) is 5.56 Å². The van der Waals surface area contributed by atoms with E-state index in [9.17, 15) is 12.8 Å². The van der Waals surface area contributed by atoms with Gasteiger partial charge in [-0.2, -0.15) is 0 Å². The summed E-state index contributed by atoms with van der Waals surface area (Å²) in [6, 6.07) is 11.1. The molecule has 3 nitrogen and oxygen atoms in total. The van der Waals surface area contributed by atoms with E-state index in [-0.39, 0.29) is 4.90 Å². The minimum Gasteiger partial charge on any atom is -0.225 e. The van der Waals surface area contributed by atoms with Gasteiger partial charge in [0.05, 0.1) is 4.90 Å². The van der Waals surface area contributed by atoms with E-state index in [1.807, 2.05) is 6.92 Å². The van der Waals surface area contributed by atoms with Gasteiger partial charge in [-0.1, -0.05) is 43.7 Å². The highest BCUT2D eigenvalue weighted by Crippen LogP contribution is 2.30. The lowest BCUT2D eigenvalue weighted by molar-refractivity contribution is 0.596. The molecule has 0 saturated heterocycles. The van der Waals surface area contributed by atoms with Crippen LogP contribution < -0.4 is 5.14 Å². The molecule has 112 valence electrons. The molecule has 0 amide bonds. The number of halogens is 1. The summed E-state index contributed by atoms with van der Waals surface area (Å²) < 4.78 is 37.4. The van der Waals surface area contributed by atoms with Crippen LogP contribution in [0.25, 0.3) is 11.1 Å². The van der Waals surface area contributed by atoms with Gasteiger partial charge in [-0.3, -0.25) is 0 Å². The number of hydrogen-bond donors (Lipinski definition) is 1. The van der Waals surface area contributed by atoms with Crippen LogP contribution in [-0.2, 0) is 16.4 Å². The summed E-state index contributed by atoms with van der Waals surface area (Å²) in [6.45, 7) is 2.03.